The third-order valence-corrected chi connectivity index (χ3v) is 3.79. The maximum absolute atomic E-state index is 11.9. The molecule has 0 spiro atoms. The molecule has 0 saturated heterocycles. The molecule has 0 aromatic heterocycles. The van der Waals surface area contributed by atoms with E-state index in [9.17, 15) is 13.2 Å². The number of carbonyl (C=O) groups is 1. The molecule has 7 heteroatoms. The lowest BCUT2D eigenvalue weighted by Crippen LogP contribution is -2.30. The van der Waals surface area contributed by atoms with Crippen molar-refractivity contribution in [3.8, 4) is 0 Å². The van der Waals surface area contributed by atoms with Gasteiger partial charge in [-0.2, -0.15) is 0 Å². The molecule has 1 rings (SSSR count). The standard InChI is InChI=1S/C12H18N2O4S/c1-9(2)14-19(16,17)11-6-4-10(5-7-11)13-12(15)8-18-3/h4-7,9,14H,8H2,1-3H3,(H,13,15). The first-order valence-electron chi connectivity index (χ1n) is 5.76. The number of amides is 1. The SMILES string of the molecule is COCC(=O)Nc1ccc(S(=O)(=O)NC(C)C)cc1. The average molecular weight is 286 g/mol. The molecule has 0 heterocycles. The van der Waals surface area contributed by atoms with Crippen LogP contribution in [-0.2, 0) is 19.6 Å². The summed E-state index contributed by atoms with van der Waals surface area (Å²) >= 11 is 0. The number of hydrogen-bond acceptors (Lipinski definition) is 4. The van der Waals surface area contributed by atoms with Gasteiger partial charge in [0.05, 0.1) is 4.90 Å². The summed E-state index contributed by atoms with van der Waals surface area (Å²) in [5.74, 6) is -0.293. The van der Waals surface area contributed by atoms with Crippen LogP contribution in [0.15, 0.2) is 29.2 Å². The van der Waals surface area contributed by atoms with Crippen molar-refractivity contribution in [2.75, 3.05) is 19.0 Å². The number of nitrogens with one attached hydrogen (secondary N) is 2. The van der Waals surface area contributed by atoms with E-state index in [0.717, 1.165) is 0 Å². The summed E-state index contributed by atoms with van der Waals surface area (Å²) in [6.07, 6.45) is 0. The van der Waals surface area contributed by atoms with Crippen molar-refractivity contribution < 1.29 is 17.9 Å². The van der Waals surface area contributed by atoms with Gasteiger partial charge >= 0.3 is 0 Å². The zero-order valence-corrected chi connectivity index (χ0v) is 12.0. The van der Waals surface area contributed by atoms with Crippen molar-refractivity contribution in [1.82, 2.24) is 4.72 Å². The van der Waals surface area contributed by atoms with Crippen molar-refractivity contribution in [1.29, 1.82) is 0 Å². The Morgan fingerprint density at radius 2 is 1.84 bits per heavy atom. The van der Waals surface area contributed by atoms with Crippen molar-refractivity contribution in [2.45, 2.75) is 24.8 Å². The first-order chi connectivity index (χ1) is 8.85. The molecular formula is C12H18N2O4S. The smallest absolute Gasteiger partial charge is 0.250 e. The lowest BCUT2D eigenvalue weighted by Gasteiger charge is -2.10. The molecule has 2 N–H and O–H groups in total. The fourth-order valence-corrected chi connectivity index (χ4v) is 2.68. The van der Waals surface area contributed by atoms with Gasteiger partial charge in [-0.25, -0.2) is 13.1 Å². The molecule has 0 aliphatic carbocycles. The number of rotatable bonds is 6. The van der Waals surface area contributed by atoms with Crippen LogP contribution in [-0.4, -0.2) is 34.1 Å². The monoisotopic (exact) mass is 286 g/mol. The number of methoxy groups -OCH3 is 1. The highest BCUT2D eigenvalue weighted by Gasteiger charge is 2.14. The van der Waals surface area contributed by atoms with Crippen LogP contribution in [0.2, 0.25) is 0 Å². The van der Waals surface area contributed by atoms with E-state index in [4.69, 9.17) is 0 Å². The third-order valence-electron chi connectivity index (χ3n) is 2.11. The van der Waals surface area contributed by atoms with Crippen LogP contribution in [0.5, 0.6) is 0 Å². The maximum atomic E-state index is 11.9. The van der Waals surface area contributed by atoms with Crippen LogP contribution >= 0.6 is 0 Å². The van der Waals surface area contributed by atoms with Gasteiger partial charge in [0.15, 0.2) is 0 Å². The molecule has 0 aliphatic heterocycles. The van der Waals surface area contributed by atoms with Gasteiger partial charge in [-0.3, -0.25) is 4.79 Å². The molecule has 6 nitrogen and oxygen atoms in total. The molecule has 0 fully saturated rings. The Bertz CT molecular complexity index is 523. The van der Waals surface area contributed by atoms with E-state index >= 15 is 0 Å². The van der Waals surface area contributed by atoms with Crippen LogP contribution in [0.4, 0.5) is 5.69 Å². The number of hydrogen-bond donors (Lipinski definition) is 2. The predicted molar refractivity (Wildman–Crippen MR) is 72.4 cm³/mol. The van der Waals surface area contributed by atoms with E-state index in [0.29, 0.717) is 5.69 Å². The minimum absolute atomic E-state index is 0.0467. The van der Waals surface area contributed by atoms with Crippen LogP contribution in [0.3, 0.4) is 0 Å². The first kappa shape index (κ1) is 15.6. The molecule has 0 aliphatic rings. The zero-order chi connectivity index (χ0) is 14.5. The van der Waals surface area contributed by atoms with Crippen molar-refractivity contribution in [3.63, 3.8) is 0 Å². The molecule has 19 heavy (non-hydrogen) atoms. The summed E-state index contributed by atoms with van der Waals surface area (Å²) < 4.78 is 30.9. The Balaban J connectivity index is 2.79. The van der Waals surface area contributed by atoms with Gasteiger partial charge in [-0.15, -0.1) is 0 Å². The Hall–Kier alpha value is -1.44. The van der Waals surface area contributed by atoms with Crippen LogP contribution < -0.4 is 10.0 Å². The van der Waals surface area contributed by atoms with Gasteiger partial charge in [0.25, 0.3) is 0 Å². The lowest BCUT2D eigenvalue weighted by molar-refractivity contribution is -0.119. The molecule has 0 saturated carbocycles. The van der Waals surface area contributed by atoms with E-state index in [-0.39, 0.29) is 23.5 Å². The second-order valence-electron chi connectivity index (χ2n) is 4.28. The van der Waals surface area contributed by atoms with E-state index in [1.165, 1.54) is 31.4 Å². The molecule has 1 amide bonds. The summed E-state index contributed by atoms with van der Waals surface area (Å²) in [6.45, 7) is 3.45. The highest BCUT2D eigenvalue weighted by molar-refractivity contribution is 7.89. The predicted octanol–water partition coefficient (Wildman–Crippen LogP) is 0.958. The highest BCUT2D eigenvalue weighted by atomic mass is 32.2. The minimum atomic E-state index is -3.50. The topological polar surface area (TPSA) is 84.5 Å². The Morgan fingerprint density at radius 3 is 2.32 bits per heavy atom. The fourth-order valence-electron chi connectivity index (χ4n) is 1.42. The summed E-state index contributed by atoms with van der Waals surface area (Å²) in [6, 6.07) is 5.76. The van der Waals surface area contributed by atoms with Gasteiger partial charge in [0, 0.05) is 18.8 Å². The van der Waals surface area contributed by atoms with Crippen LogP contribution in [0.1, 0.15) is 13.8 Å². The minimum Gasteiger partial charge on any atom is -0.375 e. The third kappa shape index (κ3) is 4.98. The average Bonchev–Trinajstić information content (AvgIpc) is 2.28. The summed E-state index contributed by atoms with van der Waals surface area (Å²) in [7, 11) is -2.08. The molecule has 0 unspecified atom stereocenters. The Morgan fingerprint density at radius 1 is 1.26 bits per heavy atom. The maximum Gasteiger partial charge on any atom is 0.250 e. The van der Waals surface area contributed by atoms with Crippen molar-refractivity contribution in [2.24, 2.45) is 0 Å². The normalized spacial score (nSPS) is 11.6. The molecule has 106 valence electrons. The Labute approximate surface area is 113 Å². The van der Waals surface area contributed by atoms with Gasteiger partial charge in [-0.1, -0.05) is 0 Å². The molecule has 0 radical (unpaired) electrons. The molecule has 0 bridgehead atoms. The zero-order valence-electron chi connectivity index (χ0n) is 11.1. The number of benzene rings is 1. The van der Waals surface area contributed by atoms with Gasteiger partial charge in [-0.05, 0) is 38.1 Å². The summed E-state index contributed by atoms with van der Waals surface area (Å²) in [5, 5.41) is 2.58. The van der Waals surface area contributed by atoms with Gasteiger partial charge in [0.1, 0.15) is 6.61 Å². The number of carbonyl (C=O) groups excluding carboxylic acids is 1. The number of ether oxygens (including phenoxy) is 1. The van der Waals surface area contributed by atoms with E-state index in [1.54, 1.807) is 13.8 Å². The van der Waals surface area contributed by atoms with Crippen LogP contribution in [0, 0.1) is 0 Å². The second kappa shape index (κ2) is 6.65. The Kier molecular flexibility index (Phi) is 5.46. The molecule has 0 atom stereocenters. The quantitative estimate of drug-likeness (QED) is 0.815. The number of sulfonamides is 1. The van der Waals surface area contributed by atoms with Gasteiger partial charge < -0.3 is 10.1 Å². The molecular weight excluding hydrogens is 268 g/mol. The van der Waals surface area contributed by atoms with Crippen molar-refractivity contribution >= 4 is 21.6 Å². The summed E-state index contributed by atoms with van der Waals surface area (Å²) in [5.41, 5.74) is 0.519. The van der Waals surface area contributed by atoms with E-state index in [2.05, 4.69) is 14.8 Å². The highest BCUT2D eigenvalue weighted by Crippen LogP contribution is 2.14. The fraction of sp³-hybridized carbons (Fsp3) is 0.417. The van der Waals surface area contributed by atoms with Crippen molar-refractivity contribution in [3.05, 3.63) is 24.3 Å². The second-order valence-corrected chi connectivity index (χ2v) is 6.00. The van der Waals surface area contributed by atoms with Gasteiger partial charge in [0.2, 0.25) is 15.9 Å². The lowest BCUT2D eigenvalue weighted by atomic mass is 10.3. The molecule has 1 aromatic rings. The van der Waals surface area contributed by atoms with E-state index in [1.807, 2.05) is 0 Å². The molecule has 1 aromatic carbocycles. The summed E-state index contributed by atoms with van der Waals surface area (Å²) in [4.78, 5) is 11.4. The van der Waals surface area contributed by atoms with Crippen LogP contribution in [0.25, 0.3) is 0 Å². The largest absolute Gasteiger partial charge is 0.375 e. The van der Waals surface area contributed by atoms with E-state index < -0.39 is 10.0 Å². The number of anilines is 1. The first-order valence-corrected chi connectivity index (χ1v) is 7.24.